The van der Waals surface area contributed by atoms with Gasteiger partial charge in [0, 0.05) is 30.7 Å². The molecule has 25 heavy (non-hydrogen) atoms. The number of nitrogens with two attached hydrogens (primary N) is 1. The largest absolute Gasteiger partial charge is 0.480 e. The molecule has 0 aliphatic rings. The van der Waals surface area contributed by atoms with E-state index in [1.165, 1.54) is 0 Å². The summed E-state index contributed by atoms with van der Waals surface area (Å²) < 4.78 is 24.4. The Labute approximate surface area is 144 Å². The molecular formula is C15H19N3O6S. The summed E-state index contributed by atoms with van der Waals surface area (Å²) in [6, 6.07) is 3.51. The Morgan fingerprint density at radius 1 is 1.28 bits per heavy atom. The number of fused-ring (bicyclic) bond motifs is 1. The van der Waals surface area contributed by atoms with E-state index in [1.54, 1.807) is 18.2 Å². The highest BCUT2D eigenvalue weighted by atomic mass is 32.2. The molecule has 0 radical (unpaired) electrons. The van der Waals surface area contributed by atoms with Gasteiger partial charge in [0.2, 0.25) is 16.1 Å². The lowest BCUT2D eigenvalue weighted by atomic mass is 10.1. The van der Waals surface area contributed by atoms with Gasteiger partial charge in [-0.15, -0.1) is 0 Å². The van der Waals surface area contributed by atoms with Gasteiger partial charge in [-0.25, -0.2) is 23.1 Å². The molecule has 5 N–H and O–H groups in total. The molecule has 136 valence electrons. The lowest BCUT2D eigenvalue weighted by molar-refractivity contribution is -0.151. The van der Waals surface area contributed by atoms with E-state index in [4.69, 9.17) is 15.4 Å². The molecule has 2 aromatic rings. The number of hydrogen-bond donors (Lipinski definition) is 4. The Morgan fingerprint density at radius 3 is 2.48 bits per heavy atom. The van der Waals surface area contributed by atoms with Crippen LogP contribution in [-0.4, -0.2) is 47.7 Å². The Balaban J connectivity index is 2.21. The SMILES string of the molecule is Cn1cc(CCNC(C(=O)O)C(=O)O)c2cc(CS(N)(=O)=O)ccc21. The maximum atomic E-state index is 11.3. The first-order valence-electron chi connectivity index (χ1n) is 7.35. The van der Waals surface area contributed by atoms with Gasteiger partial charge in [0.15, 0.2) is 0 Å². The predicted molar refractivity (Wildman–Crippen MR) is 90.5 cm³/mol. The highest BCUT2D eigenvalue weighted by molar-refractivity contribution is 7.88. The number of nitrogens with one attached hydrogen (secondary N) is 1. The number of aromatic nitrogens is 1. The van der Waals surface area contributed by atoms with Crippen LogP contribution in [0.1, 0.15) is 11.1 Å². The molecule has 0 spiro atoms. The van der Waals surface area contributed by atoms with Crippen molar-refractivity contribution in [1.29, 1.82) is 0 Å². The van der Waals surface area contributed by atoms with Crippen LogP contribution >= 0.6 is 0 Å². The van der Waals surface area contributed by atoms with Crippen LogP contribution in [0.4, 0.5) is 0 Å². The van der Waals surface area contributed by atoms with Gasteiger partial charge in [0.05, 0.1) is 5.75 Å². The zero-order valence-corrected chi connectivity index (χ0v) is 14.3. The van der Waals surface area contributed by atoms with Crippen molar-refractivity contribution in [2.75, 3.05) is 6.54 Å². The molecular weight excluding hydrogens is 350 g/mol. The molecule has 0 unspecified atom stereocenters. The van der Waals surface area contributed by atoms with Crippen LogP contribution in [0.2, 0.25) is 0 Å². The molecule has 2 rings (SSSR count). The summed E-state index contributed by atoms with van der Waals surface area (Å²) in [5.74, 6) is -3.20. The Bertz CT molecular complexity index is 905. The second-order valence-corrected chi connectivity index (χ2v) is 7.35. The molecule has 1 heterocycles. The van der Waals surface area contributed by atoms with Crippen LogP contribution in [0.25, 0.3) is 10.9 Å². The average molecular weight is 369 g/mol. The molecule has 0 aliphatic heterocycles. The smallest absolute Gasteiger partial charge is 0.332 e. The van der Waals surface area contributed by atoms with Gasteiger partial charge >= 0.3 is 11.9 Å². The lowest BCUT2D eigenvalue weighted by Crippen LogP contribution is -2.44. The highest BCUT2D eigenvalue weighted by Gasteiger charge is 2.24. The number of sulfonamides is 1. The van der Waals surface area contributed by atoms with Crippen LogP contribution in [0.5, 0.6) is 0 Å². The van der Waals surface area contributed by atoms with E-state index in [0.717, 1.165) is 16.5 Å². The first kappa shape index (κ1) is 18.9. The zero-order chi connectivity index (χ0) is 18.8. The summed E-state index contributed by atoms with van der Waals surface area (Å²) in [5.41, 5.74) is 2.27. The molecule has 9 nitrogen and oxygen atoms in total. The maximum Gasteiger partial charge on any atom is 0.332 e. The predicted octanol–water partition coefficient (Wildman–Crippen LogP) is -0.363. The fourth-order valence-corrected chi connectivity index (χ4v) is 3.32. The summed E-state index contributed by atoms with van der Waals surface area (Å²) in [7, 11) is -1.82. The Kier molecular flexibility index (Phi) is 5.45. The molecule has 0 atom stereocenters. The zero-order valence-electron chi connectivity index (χ0n) is 13.5. The molecule has 1 aromatic carbocycles. The molecule has 0 amide bonds. The lowest BCUT2D eigenvalue weighted by Gasteiger charge is -2.09. The molecule has 0 saturated carbocycles. The minimum absolute atomic E-state index is 0.141. The van der Waals surface area contributed by atoms with E-state index < -0.39 is 28.0 Å². The van der Waals surface area contributed by atoms with E-state index in [0.29, 0.717) is 12.0 Å². The summed E-state index contributed by atoms with van der Waals surface area (Å²) >= 11 is 0. The molecule has 0 aliphatic carbocycles. The van der Waals surface area contributed by atoms with Gasteiger partial charge < -0.3 is 14.8 Å². The van der Waals surface area contributed by atoms with Crippen molar-refractivity contribution in [3.8, 4) is 0 Å². The first-order chi connectivity index (χ1) is 11.6. The van der Waals surface area contributed by atoms with Crippen molar-refractivity contribution in [3.05, 3.63) is 35.5 Å². The topological polar surface area (TPSA) is 152 Å². The third-order valence-corrected chi connectivity index (χ3v) is 4.48. The number of primary sulfonamides is 1. The third-order valence-electron chi connectivity index (χ3n) is 3.74. The number of hydrogen-bond acceptors (Lipinski definition) is 5. The van der Waals surface area contributed by atoms with Gasteiger partial charge in [0.1, 0.15) is 0 Å². The van der Waals surface area contributed by atoms with Gasteiger partial charge in [-0.1, -0.05) is 6.07 Å². The number of nitrogens with zero attached hydrogens (tertiary/aromatic N) is 1. The van der Waals surface area contributed by atoms with Crippen molar-refractivity contribution >= 4 is 32.9 Å². The fraction of sp³-hybridized carbons (Fsp3) is 0.333. The minimum atomic E-state index is -3.65. The fourth-order valence-electron chi connectivity index (χ4n) is 2.67. The van der Waals surface area contributed by atoms with E-state index in [-0.39, 0.29) is 12.3 Å². The third kappa shape index (κ3) is 4.78. The normalized spacial score (nSPS) is 12.0. The van der Waals surface area contributed by atoms with E-state index in [1.807, 2.05) is 17.8 Å². The Morgan fingerprint density at radius 2 is 1.92 bits per heavy atom. The molecule has 10 heteroatoms. The highest BCUT2D eigenvalue weighted by Crippen LogP contribution is 2.23. The minimum Gasteiger partial charge on any atom is -0.480 e. The number of carboxylic acid groups (broad SMARTS) is 2. The molecule has 0 saturated heterocycles. The van der Waals surface area contributed by atoms with Crippen LogP contribution < -0.4 is 10.5 Å². The van der Waals surface area contributed by atoms with Crippen LogP contribution in [0.3, 0.4) is 0 Å². The van der Waals surface area contributed by atoms with E-state index in [9.17, 15) is 18.0 Å². The van der Waals surface area contributed by atoms with Gasteiger partial charge in [-0.2, -0.15) is 0 Å². The van der Waals surface area contributed by atoms with Crippen LogP contribution in [0, 0.1) is 0 Å². The maximum absolute atomic E-state index is 11.3. The second kappa shape index (κ2) is 7.21. The molecule has 0 fully saturated rings. The van der Waals surface area contributed by atoms with Crippen molar-refractivity contribution in [2.24, 2.45) is 12.2 Å². The number of carboxylic acids is 2. The molecule has 0 bridgehead atoms. The Hall–Kier alpha value is -2.43. The van der Waals surface area contributed by atoms with Crippen LogP contribution in [0.15, 0.2) is 24.4 Å². The standard InChI is InChI=1S/C15H19N3O6S/c1-18-7-10(4-5-17-13(14(19)20)15(21)22)11-6-9(2-3-12(11)18)8-25(16,23)24/h2-3,6-7,13,17H,4-5,8H2,1H3,(H,19,20)(H,21,22)(H2,16,23,24). The number of aryl methyl sites for hydroxylation is 1. The number of rotatable bonds is 8. The van der Waals surface area contributed by atoms with E-state index >= 15 is 0 Å². The van der Waals surface area contributed by atoms with Crippen LogP contribution in [-0.2, 0) is 38.8 Å². The van der Waals surface area contributed by atoms with Crippen molar-refractivity contribution in [2.45, 2.75) is 18.2 Å². The number of benzene rings is 1. The number of aliphatic carboxylic acids is 2. The molecule has 1 aromatic heterocycles. The summed E-state index contributed by atoms with van der Waals surface area (Å²) in [4.78, 5) is 21.7. The quantitative estimate of drug-likeness (QED) is 0.464. The average Bonchev–Trinajstić information content (AvgIpc) is 2.77. The van der Waals surface area contributed by atoms with Gasteiger partial charge in [-0.3, -0.25) is 5.32 Å². The number of carbonyl (C=O) groups is 2. The van der Waals surface area contributed by atoms with Gasteiger partial charge in [-0.05, 0) is 29.7 Å². The van der Waals surface area contributed by atoms with E-state index in [2.05, 4.69) is 5.32 Å². The summed E-state index contributed by atoms with van der Waals surface area (Å²) in [5, 5.41) is 26.0. The summed E-state index contributed by atoms with van der Waals surface area (Å²) in [6.07, 6.45) is 2.22. The van der Waals surface area contributed by atoms with Gasteiger partial charge in [0.25, 0.3) is 0 Å². The van der Waals surface area contributed by atoms with Crippen molar-refractivity contribution in [1.82, 2.24) is 9.88 Å². The first-order valence-corrected chi connectivity index (χ1v) is 9.06. The second-order valence-electron chi connectivity index (χ2n) is 5.74. The monoisotopic (exact) mass is 369 g/mol. The van der Waals surface area contributed by atoms with Crippen molar-refractivity contribution < 1.29 is 28.2 Å². The van der Waals surface area contributed by atoms with Crippen molar-refractivity contribution in [3.63, 3.8) is 0 Å². The summed E-state index contributed by atoms with van der Waals surface area (Å²) in [6.45, 7) is 0.141.